The Morgan fingerprint density at radius 2 is 2.04 bits per heavy atom. The number of carbonyl (C=O) groups excluding carboxylic acids is 1. The van der Waals surface area contributed by atoms with Crippen molar-refractivity contribution in [2.75, 3.05) is 23.9 Å². The highest BCUT2D eigenvalue weighted by atomic mass is 32.1. The van der Waals surface area contributed by atoms with Crippen LogP contribution in [0, 0.1) is 13.8 Å². The molecule has 3 aromatic rings. The van der Waals surface area contributed by atoms with Gasteiger partial charge in [0.15, 0.2) is 0 Å². The maximum absolute atomic E-state index is 12.6. The summed E-state index contributed by atoms with van der Waals surface area (Å²) in [6.45, 7) is 4.38. The molecule has 130 valence electrons. The second-order valence-corrected chi connectivity index (χ2v) is 7.00. The number of anilines is 1. The number of hydrogen-bond acceptors (Lipinski definition) is 6. The van der Waals surface area contributed by atoms with Crippen molar-refractivity contribution in [2.24, 2.45) is 0 Å². The van der Waals surface area contributed by atoms with E-state index in [9.17, 15) is 9.59 Å². The first kappa shape index (κ1) is 17.1. The molecule has 0 fully saturated rings. The smallest absolute Gasteiger partial charge is 0.281 e. The average molecular weight is 357 g/mol. The Morgan fingerprint density at radius 1 is 1.32 bits per heavy atom. The summed E-state index contributed by atoms with van der Waals surface area (Å²) in [5.74, 6) is -0.242. The molecule has 0 aliphatic carbocycles. The van der Waals surface area contributed by atoms with Gasteiger partial charge in [0.25, 0.3) is 5.56 Å². The maximum atomic E-state index is 12.6. The number of aromatic nitrogens is 3. The van der Waals surface area contributed by atoms with E-state index in [1.165, 1.54) is 17.7 Å². The Bertz CT molecular complexity index is 964. The first-order valence-corrected chi connectivity index (χ1v) is 8.67. The third-order valence-electron chi connectivity index (χ3n) is 4.11. The summed E-state index contributed by atoms with van der Waals surface area (Å²) in [6, 6.07) is 3.75. The molecule has 3 heterocycles. The van der Waals surface area contributed by atoms with E-state index in [1.54, 1.807) is 12.4 Å². The van der Waals surface area contributed by atoms with Crippen molar-refractivity contribution in [3.8, 4) is 0 Å². The summed E-state index contributed by atoms with van der Waals surface area (Å²) in [7, 11) is 1.90. The zero-order valence-corrected chi connectivity index (χ0v) is 15.1. The van der Waals surface area contributed by atoms with Gasteiger partial charge in [-0.25, -0.2) is 9.66 Å². The highest BCUT2D eigenvalue weighted by molar-refractivity contribution is 7.18. The minimum Gasteiger partial charge on any atom is -0.374 e. The van der Waals surface area contributed by atoms with Crippen LogP contribution in [0.3, 0.4) is 0 Å². The first-order valence-electron chi connectivity index (χ1n) is 7.85. The van der Waals surface area contributed by atoms with Gasteiger partial charge in [0.05, 0.1) is 5.39 Å². The minimum absolute atomic E-state index is 0.242. The van der Waals surface area contributed by atoms with Gasteiger partial charge in [0.2, 0.25) is 5.91 Å². The number of amides is 1. The van der Waals surface area contributed by atoms with Gasteiger partial charge in [0.1, 0.15) is 11.2 Å². The van der Waals surface area contributed by atoms with Crippen molar-refractivity contribution in [1.82, 2.24) is 14.6 Å². The van der Waals surface area contributed by atoms with Gasteiger partial charge in [0, 0.05) is 43.0 Å². The van der Waals surface area contributed by atoms with E-state index >= 15 is 0 Å². The molecular formula is C17H19N5O2S. The number of fused-ring (bicyclic) bond motifs is 1. The fraction of sp³-hybridized carbons (Fsp3) is 0.294. The van der Waals surface area contributed by atoms with Crippen molar-refractivity contribution in [3.63, 3.8) is 0 Å². The van der Waals surface area contributed by atoms with Crippen LogP contribution in [0.4, 0.5) is 5.69 Å². The lowest BCUT2D eigenvalue weighted by Gasteiger charge is -2.18. The molecule has 0 unspecified atom stereocenters. The Hall–Kier alpha value is -2.74. The molecule has 0 aliphatic rings. The number of hydrogen-bond donors (Lipinski definition) is 1. The largest absolute Gasteiger partial charge is 0.374 e. The normalized spacial score (nSPS) is 10.8. The molecule has 25 heavy (non-hydrogen) atoms. The van der Waals surface area contributed by atoms with Crippen LogP contribution in [-0.2, 0) is 4.79 Å². The zero-order valence-electron chi connectivity index (χ0n) is 14.3. The van der Waals surface area contributed by atoms with Crippen LogP contribution >= 0.6 is 11.3 Å². The molecule has 0 saturated heterocycles. The molecule has 0 atom stereocenters. The molecule has 1 N–H and O–H groups in total. The van der Waals surface area contributed by atoms with Crippen LogP contribution in [0.1, 0.15) is 16.9 Å². The number of nitrogens with zero attached hydrogens (tertiary/aromatic N) is 4. The lowest BCUT2D eigenvalue weighted by Crippen LogP contribution is -2.34. The molecule has 3 aromatic heterocycles. The molecule has 0 aliphatic heterocycles. The third kappa shape index (κ3) is 3.53. The molecule has 0 saturated carbocycles. The van der Waals surface area contributed by atoms with Crippen molar-refractivity contribution >= 4 is 33.1 Å². The van der Waals surface area contributed by atoms with Crippen molar-refractivity contribution < 1.29 is 4.79 Å². The average Bonchev–Trinajstić information content (AvgIpc) is 2.91. The monoisotopic (exact) mass is 357 g/mol. The Morgan fingerprint density at radius 3 is 2.76 bits per heavy atom. The zero-order chi connectivity index (χ0) is 18.0. The summed E-state index contributed by atoms with van der Waals surface area (Å²) in [5.41, 5.74) is 4.26. The van der Waals surface area contributed by atoms with Gasteiger partial charge in [-0.15, -0.1) is 11.3 Å². The SMILES string of the molecule is Cc1sc2ncn(NC(=O)CCN(C)c3ccncc3)c(=O)c2c1C. The summed E-state index contributed by atoms with van der Waals surface area (Å²) < 4.78 is 1.16. The number of carbonyl (C=O) groups is 1. The quantitative estimate of drug-likeness (QED) is 0.756. The minimum atomic E-state index is -0.248. The van der Waals surface area contributed by atoms with E-state index in [4.69, 9.17) is 0 Å². The molecule has 8 heteroatoms. The van der Waals surface area contributed by atoms with Gasteiger partial charge in [-0.1, -0.05) is 0 Å². The van der Waals surface area contributed by atoms with Gasteiger partial charge >= 0.3 is 0 Å². The van der Waals surface area contributed by atoms with Crippen molar-refractivity contribution in [1.29, 1.82) is 0 Å². The predicted octanol–water partition coefficient (Wildman–Crippen LogP) is 2.07. The van der Waals surface area contributed by atoms with Crippen LogP contribution < -0.4 is 15.9 Å². The van der Waals surface area contributed by atoms with Crippen molar-refractivity contribution in [2.45, 2.75) is 20.3 Å². The van der Waals surface area contributed by atoms with Crippen LogP contribution in [0.2, 0.25) is 0 Å². The lowest BCUT2D eigenvalue weighted by molar-refractivity contribution is -0.117. The van der Waals surface area contributed by atoms with E-state index < -0.39 is 0 Å². The van der Waals surface area contributed by atoms with E-state index in [-0.39, 0.29) is 17.9 Å². The summed E-state index contributed by atoms with van der Waals surface area (Å²) >= 11 is 1.48. The van der Waals surface area contributed by atoms with E-state index in [1.807, 2.05) is 37.9 Å². The molecule has 3 rings (SSSR count). The highest BCUT2D eigenvalue weighted by Crippen LogP contribution is 2.25. The Kier molecular flexibility index (Phi) is 4.80. The van der Waals surface area contributed by atoms with Gasteiger partial charge in [-0.2, -0.15) is 0 Å². The molecule has 0 bridgehead atoms. The van der Waals surface area contributed by atoms with Gasteiger partial charge in [-0.3, -0.25) is 20.0 Å². The lowest BCUT2D eigenvalue weighted by atomic mass is 10.2. The van der Waals surface area contributed by atoms with Crippen molar-refractivity contribution in [3.05, 3.63) is 51.6 Å². The standard InChI is InChI=1S/C17H19N5O2S/c1-11-12(2)25-16-15(11)17(24)22(10-19-16)20-14(23)6-9-21(3)13-4-7-18-8-5-13/h4-5,7-8,10H,6,9H2,1-3H3,(H,20,23). The number of aryl methyl sites for hydroxylation is 2. The molecule has 0 radical (unpaired) electrons. The Labute approximate surface area is 148 Å². The second-order valence-electron chi connectivity index (χ2n) is 5.80. The topological polar surface area (TPSA) is 80.1 Å². The first-order chi connectivity index (χ1) is 12.0. The number of nitrogens with one attached hydrogen (secondary N) is 1. The third-order valence-corrected chi connectivity index (χ3v) is 5.23. The van der Waals surface area contributed by atoms with Gasteiger partial charge in [-0.05, 0) is 31.5 Å². The molecule has 0 aromatic carbocycles. The number of pyridine rings is 1. The van der Waals surface area contributed by atoms with Gasteiger partial charge < -0.3 is 4.90 Å². The molecule has 7 nitrogen and oxygen atoms in total. The predicted molar refractivity (Wildman–Crippen MR) is 99.8 cm³/mol. The number of rotatable bonds is 5. The maximum Gasteiger partial charge on any atom is 0.281 e. The molecular weight excluding hydrogens is 338 g/mol. The summed E-state index contributed by atoms with van der Waals surface area (Å²) in [6.07, 6.45) is 5.03. The van der Waals surface area contributed by atoms with Crippen LogP contribution in [0.25, 0.3) is 10.2 Å². The van der Waals surface area contributed by atoms with Crippen LogP contribution in [-0.4, -0.2) is 34.1 Å². The summed E-state index contributed by atoms with van der Waals surface area (Å²) in [5, 5.41) is 0.569. The fourth-order valence-electron chi connectivity index (χ4n) is 2.50. The summed E-state index contributed by atoms with van der Waals surface area (Å²) in [4.78, 5) is 36.7. The van der Waals surface area contributed by atoms with Crippen LogP contribution in [0.5, 0.6) is 0 Å². The van der Waals surface area contributed by atoms with E-state index in [0.717, 1.165) is 20.8 Å². The Balaban J connectivity index is 1.69. The van der Waals surface area contributed by atoms with Crippen LogP contribution in [0.15, 0.2) is 35.6 Å². The number of thiophene rings is 1. The molecule has 0 spiro atoms. The second kappa shape index (κ2) is 7.02. The highest BCUT2D eigenvalue weighted by Gasteiger charge is 2.13. The van der Waals surface area contributed by atoms with E-state index in [0.29, 0.717) is 16.8 Å². The molecule has 1 amide bonds. The van der Waals surface area contributed by atoms with E-state index in [2.05, 4.69) is 15.4 Å². The fourth-order valence-corrected chi connectivity index (χ4v) is 3.49.